The number of amides is 1. The van der Waals surface area contributed by atoms with Crippen LogP contribution in [0.1, 0.15) is 56.2 Å². The normalized spacial score (nSPS) is 27.1. The molecule has 7 nitrogen and oxygen atoms in total. The van der Waals surface area contributed by atoms with Crippen LogP contribution in [0.15, 0.2) is 42.5 Å². The Balaban J connectivity index is 1.63. The maximum atomic E-state index is 13.2. The Labute approximate surface area is 223 Å². The summed E-state index contributed by atoms with van der Waals surface area (Å²) in [5.41, 5.74) is 0.943. The third-order valence-corrected chi connectivity index (χ3v) is 8.31. The number of benzene rings is 2. The van der Waals surface area contributed by atoms with Gasteiger partial charge >= 0.3 is 6.09 Å². The lowest BCUT2D eigenvalue weighted by atomic mass is 9.49. The minimum absolute atomic E-state index is 0.199. The number of ketones is 1. The smallest absolute Gasteiger partial charge is 0.411 e. The Hall–Kier alpha value is -2.77. The van der Waals surface area contributed by atoms with Crippen molar-refractivity contribution in [2.45, 2.75) is 75.2 Å². The van der Waals surface area contributed by atoms with Crippen molar-refractivity contribution in [1.29, 1.82) is 0 Å². The molecule has 2 aromatic rings. The molecule has 1 saturated carbocycles. The van der Waals surface area contributed by atoms with Crippen LogP contribution in [0.2, 0.25) is 0 Å². The van der Waals surface area contributed by atoms with Gasteiger partial charge in [-0.1, -0.05) is 48.0 Å². The van der Waals surface area contributed by atoms with Gasteiger partial charge in [0.1, 0.15) is 12.4 Å². The highest BCUT2D eigenvalue weighted by molar-refractivity contribution is 6.19. The lowest BCUT2D eigenvalue weighted by Crippen LogP contribution is -2.75. The molecule has 1 aliphatic heterocycles. The van der Waals surface area contributed by atoms with E-state index in [-0.39, 0.29) is 11.8 Å². The standard InChI is InChI=1S/C29H34ClNO6/c1-4-36-29-13-12-22(32)17-28(29)14-15-31(27(33)37-19(2)30)24(29)16-21-10-11-23(26(34-3)25(21)28)35-18-20-8-6-5-7-9-20/h5-11,19,24H,4,12-18H2,1-3H3/t19?,24-,28-,29-/m1/s1. The van der Waals surface area contributed by atoms with Crippen LogP contribution in [0, 0.1) is 0 Å². The summed E-state index contributed by atoms with van der Waals surface area (Å²) >= 11 is 6.01. The maximum absolute atomic E-state index is 13.2. The van der Waals surface area contributed by atoms with Crippen molar-refractivity contribution in [3.8, 4) is 11.5 Å². The maximum Gasteiger partial charge on any atom is 0.411 e. The zero-order valence-electron chi connectivity index (χ0n) is 21.6. The van der Waals surface area contributed by atoms with Crippen molar-refractivity contribution >= 4 is 23.5 Å². The Kier molecular flexibility index (Phi) is 7.12. The molecular formula is C29H34ClNO6. The van der Waals surface area contributed by atoms with Gasteiger partial charge in [-0.15, -0.1) is 0 Å². The second-order valence-electron chi connectivity index (χ2n) is 10.1. The van der Waals surface area contributed by atoms with E-state index in [1.54, 1.807) is 18.9 Å². The summed E-state index contributed by atoms with van der Waals surface area (Å²) in [5, 5.41) is 0. The van der Waals surface area contributed by atoms with E-state index in [1.165, 1.54) is 0 Å². The van der Waals surface area contributed by atoms with Gasteiger partial charge in [0.2, 0.25) is 0 Å². The minimum atomic E-state index is -0.749. The number of carbonyl (C=O) groups excluding carboxylic acids is 2. The zero-order valence-corrected chi connectivity index (χ0v) is 22.4. The van der Waals surface area contributed by atoms with Crippen LogP contribution in [0.25, 0.3) is 0 Å². The fourth-order valence-corrected chi connectivity index (χ4v) is 6.97. The number of ether oxygens (including phenoxy) is 4. The van der Waals surface area contributed by atoms with Gasteiger partial charge in [-0.05, 0) is 50.3 Å². The first kappa shape index (κ1) is 25.9. The summed E-state index contributed by atoms with van der Waals surface area (Å²) < 4.78 is 24.4. The van der Waals surface area contributed by atoms with Gasteiger partial charge in [-0.3, -0.25) is 4.79 Å². The van der Waals surface area contributed by atoms with Gasteiger partial charge < -0.3 is 23.8 Å². The number of piperidine rings is 1. The highest BCUT2D eigenvalue weighted by atomic mass is 35.5. The second-order valence-corrected chi connectivity index (χ2v) is 10.7. The molecule has 1 unspecified atom stereocenters. The van der Waals surface area contributed by atoms with Crippen molar-refractivity contribution in [2.24, 2.45) is 0 Å². The number of hydrogen-bond donors (Lipinski definition) is 0. The van der Waals surface area contributed by atoms with Gasteiger partial charge in [0, 0.05) is 37.0 Å². The first-order valence-electron chi connectivity index (χ1n) is 13.0. The van der Waals surface area contributed by atoms with E-state index in [1.807, 2.05) is 49.4 Å². The third-order valence-electron chi connectivity index (χ3n) is 8.22. The SMILES string of the molecule is CCO[C@@]12CCC(=O)C[C@@]13CCN(C(=O)OC(C)Cl)[C@@H]2Cc1ccc(OCc2ccccc2)c(OC)c13. The van der Waals surface area contributed by atoms with E-state index >= 15 is 0 Å². The minimum Gasteiger partial charge on any atom is -0.493 e. The number of methoxy groups -OCH3 is 1. The second kappa shape index (κ2) is 10.2. The van der Waals surface area contributed by atoms with Crippen LogP contribution in [0.5, 0.6) is 11.5 Å². The molecule has 2 aromatic carbocycles. The fourth-order valence-electron chi connectivity index (χ4n) is 6.89. The molecule has 1 heterocycles. The van der Waals surface area contributed by atoms with Crippen LogP contribution in [0.3, 0.4) is 0 Å². The van der Waals surface area contributed by atoms with Crippen molar-refractivity contribution in [2.75, 3.05) is 20.3 Å². The van der Waals surface area contributed by atoms with Crippen molar-refractivity contribution in [1.82, 2.24) is 4.90 Å². The van der Waals surface area contributed by atoms with Crippen LogP contribution >= 0.6 is 11.6 Å². The molecule has 0 spiro atoms. The van der Waals surface area contributed by atoms with Gasteiger partial charge in [0.15, 0.2) is 17.1 Å². The van der Waals surface area contributed by atoms with Crippen LogP contribution in [-0.4, -0.2) is 54.2 Å². The number of carbonyl (C=O) groups is 2. The quantitative estimate of drug-likeness (QED) is 0.449. The molecule has 0 aromatic heterocycles. The number of likely N-dealkylation sites (tertiary alicyclic amines) is 1. The number of rotatable bonds is 7. The number of Topliss-reactive ketones (excluding diaryl/α,β-unsaturated/α-hetero) is 1. The molecule has 4 atom stereocenters. The number of fused-ring (bicyclic) bond motifs is 1. The van der Waals surface area contributed by atoms with Gasteiger partial charge in [0.25, 0.3) is 0 Å². The number of hydrogen-bond acceptors (Lipinski definition) is 6. The van der Waals surface area contributed by atoms with Crippen LogP contribution < -0.4 is 9.47 Å². The van der Waals surface area contributed by atoms with Crippen molar-refractivity contribution in [3.63, 3.8) is 0 Å². The van der Waals surface area contributed by atoms with E-state index in [4.69, 9.17) is 30.5 Å². The summed E-state index contributed by atoms with van der Waals surface area (Å²) in [4.78, 5) is 28.0. The molecule has 8 heteroatoms. The molecule has 198 valence electrons. The average Bonchev–Trinajstić information content (AvgIpc) is 2.87. The van der Waals surface area contributed by atoms with Gasteiger partial charge in [0.05, 0.1) is 18.8 Å². The Bertz CT molecular complexity index is 1170. The molecule has 0 radical (unpaired) electrons. The lowest BCUT2D eigenvalue weighted by Gasteiger charge is -2.64. The molecule has 2 bridgehead atoms. The summed E-state index contributed by atoms with van der Waals surface area (Å²) in [6.07, 6.45) is 1.94. The van der Waals surface area contributed by atoms with Crippen molar-refractivity contribution in [3.05, 3.63) is 59.2 Å². The largest absolute Gasteiger partial charge is 0.493 e. The van der Waals surface area contributed by atoms with Gasteiger partial charge in [-0.2, -0.15) is 0 Å². The van der Waals surface area contributed by atoms with Crippen LogP contribution in [0.4, 0.5) is 4.79 Å². The highest BCUT2D eigenvalue weighted by Gasteiger charge is 2.68. The summed E-state index contributed by atoms with van der Waals surface area (Å²) in [6, 6.07) is 13.7. The molecular weight excluding hydrogens is 494 g/mol. The Morgan fingerprint density at radius 3 is 2.68 bits per heavy atom. The summed E-state index contributed by atoms with van der Waals surface area (Å²) in [5.74, 6) is 1.49. The Morgan fingerprint density at radius 2 is 1.97 bits per heavy atom. The molecule has 37 heavy (non-hydrogen) atoms. The molecule has 5 rings (SSSR count). The van der Waals surface area contributed by atoms with Gasteiger partial charge in [-0.25, -0.2) is 4.79 Å². The molecule has 3 aliphatic rings. The van der Waals surface area contributed by atoms with E-state index in [9.17, 15) is 9.59 Å². The first-order chi connectivity index (χ1) is 17.8. The topological polar surface area (TPSA) is 74.3 Å². The monoisotopic (exact) mass is 527 g/mol. The first-order valence-corrected chi connectivity index (χ1v) is 13.4. The average molecular weight is 528 g/mol. The number of alkyl halides is 1. The van der Waals surface area contributed by atoms with E-state index in [2.05, 4.69) is 0 Å². The lowest BCUT2D eigenvalue weighted by molar-refractivity contribution is -0.193. The zero-order chi connectivity index (χ0) is 26.2. The molecule has 1 amide bonds. The predicted octanol–water partition coefficient (Wildman–Crippen LogP) is 5.39. The molecule has 2 fully saturated rings. The van der Waals surface area contributed by atoms with Crippen molar-refractivity contribution < 1.29 is 28.5 Å². The predicted molar refractivity (Wildman–Crippen MR) is 139 cm³/mol. The molecule has 2 aliphatic carbocycles. The van der Waals surface area contributed by atoms with E-state index in [0.29, 0.717) is 63.4 Å². The number of nitrogens with zero attached hydrogens (tertiary/aromatic N) is 1. The third kappa shape index (κ3) is 4.26. The molecule has 1 saturated heterocycles. The van der Waals surface area contributed by atoms with E-state index < -0.39 is 22.7 Å². The fraction of sp³-hybridized carbons (Fsp3) is 0.517. The number of halogens is 1. The summed E-state index contributed by atoms with van der Waals surface area (Å²) in [7, 11) is 1.65. The molecule has 0 N–H and O–H groups in total. The van der Waals surface area contributed by atoms with E-state index in [0.717, 1.165) is 16.7 Å². The highest BCUT2D eigenvalue weighted by Crippen LogP contribution is 2.62. The Morgan fingerprint density at radius 1 is 1.19 bits per heavy atom. The summed E-state index contributed by atoms with van der Waals surface area (Å²) in [6.45, 7) is 4.89. The van der Waals surface area contributed by atoms with Crippen LogP contribution in [-0.2, 0) is 32.7 Å².